The van der Waals surface area contributed by atoms with E-state index in [1.54, 1.807) is 19.2 Å². The summed E-state index contributed by atoms with van der Waals surface area (Å²) >= 11 is 1.48. The molecule has 0 aliphatic carbocycles. The van der Waals surface area contributed by atoms with Crippen LogP contribution < -0.4 is 11.1 Å². The zero-order valence-corrected chi connectivity index (χ0v) is 17.8. The van der Waals surface area contributed by atoms with E-state index in [2.05, 4.69) is 5.32 Å². The van der Waals surface area contributed by atoms with Crippen LogP contribution in [-0.2, 0) is 4.79 Å². The lowest BCUT2D eigenvalue weighted by Crippen LogP contribution is -2.49. The van der Waals surface area contributed by atoms with Gasteiger partial charge in [0.15, 0.2) is 0 Å². The summed E-state index contributed by atoms with van der Waals surface area (Å²) in [6, 6.07) is 17.0. The molecule has 0 saturated carbocycles. The third-order valence-electron chi connectivity index (χ3n) is 4.49. The summed E-state index contributed by atoms with van der Waals surface area (Å²) in [4.78, 5) is 28.4. The SMILES string of the molecule is CN(CC(=O)N[C@@H](CCCCN)B(O)O)C(=O)c1ccccc1Sc1ccccc1. The van der Waals surface area contributed by atoms with Gasteiger partial charge in [0, 0.05) is 16.8 Å². The molecule has 0 aromatic heterocycles. The zero-order chi connectivity index (χ0) is 21.9. The van der Waals surface area contributed by atoms with Gasteiger partial charge in [0.25, 0.3) is 5.91 Å². The van der Waals surface area contributed by atoms with Gasteiger partial charge in [-0.2, -0.15) is 0 Å². The summed E-state index contributed by atoms with van der Waals surface area (Å²) < 4.78 is 0. The lowest BCUT2D eigenvalue weighted by molar-refractivity contribution is -0.122. The van der Waals surface area contributed by atoms with Gasteiger partial charge in [-0.25, -0.2) is 0 Å². The average molecular weight is 429 g/mol. The Bertz CT molecular complexity index is 823. The lowest BCUT2D eigenvalue weighted by Gasteiger charge is -2.22. The molecule has 160 valence electrons. The van der Waals surface area contributed by atoms with E-state index in [4.69, 9.17) is 5.73 Å². The van der Waals surface area contributed by atoms with Crippen LogP contribution in [0.1, 0.15) is 29.6 Å². The first-order valence-corrected chi connectivity index (χ1v) is 10.7. The van der Waals surface area contributed by atoms with Crippen molar-refractivity contribution in [2.24, 2.45) is 5.73 Å². The Morgan fingerprint density at radius 3 is 2.43 bits per heavy atom. The van der Waals surface area contributed by atoms with Gasteiger partial charge < -0.3 is 26.0 Å². The molecule has 2 rings (SSSR count). The molecule has 9 heteroatoms. The number of unbranched alkanes of at least 4 members (excludes halogenated alkanes) is 1. The van der Waals surface area contributed by atoms with Crippen LogP contribution in [0.25, 0.3) is 0 Å². The Morgan fingerprint density at radius 2 is 1.77 bits per heavy atom. The maximum Gasteiger partial charge on any atom is 0.475 e. The van der Waals surface area contributed by atoms with Crippen LogP contribution in [0.15, 0.2) is 64.4 Å². The smallest absolute Gasteiger partial charge is 0.426 e. The molecule has 1 atom stereocenters. The first kappa shape index (κ1) is 23.9. The molecule has 0 aliphatic rings. The van der Waals surface area contributed by atoms with Crippen molar-refractivity contribution in [3.8, 4) is 0 Å². The fourth-order valence-electron chi connectivity index (χ4n) is 2.90. The van der Waals surface area contributed by atoms with Crippen molar-refractivity contribution in [3.05, 3.63) is 60.2 Å². The maximum absolute atomic E-state index is 12.9. The molecule has 2 amide bonds. The molecular weight excluding hydrogens is 401 g/mol. The second-order valence-electron chi connectivity index (χ2n) is 6.94. The maximum atomic E-state index is 12.9. The van der Waals surface area contributed by atoms with Crippen LogP contribution in [0.4, 0.5) is 0 Å². The van der Waals surface area contributed by atoms with E-state index in [0.717, 1.165) is 16.2 Å². The normalized spacial score (nSPS) is 11.6. The number of carbonyl (C=O) groups is 2. The number of hydrogen-bond donors (Lipinski definition) is 4. The molecule has 0 aliphatic heterocycles. The number of rotatable bonds is 11. The molecule has 0 bridgehead atoms. The molecule has 7 nitrogen and oxygen atoms in total. The molecule has 2 aromatic rings. The first-order chi connectivity index (χ1) is 14.4. The number of hydrogen-bond acceptors (Lipinski definition) is 6. The number of nitrogens with one attached hydrogen (secondary N) is 1. The number of nitrogens with two attached hydrogens (primary N) is 1. The summed E-state index contributed by atoms with van der Waals surface area (Å²) in [6.07, 6.45) is 1.79. The standard InChI is InChI=1S/C21H28BN3O4S/c1-25(15-20(26)24-19(22(28)29)13-7-8-14-23)21(27)17-11-5-6-12-18(17)30-16-9-3-2-4-10-16/h2-6,9-12,19,28-29H,7-8,13-15,23H2,1H3,(H,24,26)/t19-/m0/s1. The van der Waals surface area contributed by atoms with Crippen molar-refractivity contribution in [2.75, 3.05) is 20.1 Å². The van der Waals surface area contributed by atoms with E-state index in [0.29, 0.717) is 24.9 Å². The molecule has 0 radical (unpaired) electrons. The summed E-state index contributed by atoms with van der Waals surface area (Å²) in [7, 11) is -0.124. The third kappa shape index (κ3) is 7.49. The van der Waals surface area contributed by atoms with E-state index >= 15 is 0 Å². The summed E-state index contributed by atoms with van der Waals surface area (Å²) in [5.41, 5.74) is 5.95. The van der Waals surface area contributed by atoms with Crippen LogP contribution in [-0.4, -0.2) is 60.0 Å². The highest BCUT2D eigenvalue weighted by atomic mass is 32.2. The largest absolute Gasteiger partial charge is 0.475 e. The van der Waals surface area contributed by atoms with E-state index in [-0.39, 0.29) is 12.5 Å². The molecule has 0 saturated heterocycles. The molecule has 5 N–H and O–H groups in total. The van der Waals surface area contributed by atoms with Crippen LogP contribution in [0.3, 0.4) is 0 Å². The Labute approximate surface area is 181 Å². The third-order valence-corrected chi connectivity index (χ3v) is 5.58. The highest BCUT2D eigenvalue weighted by molar-refractivity contribution is 7.99. The van der Waals surface area contributed by atoms with Crippen LogP contribution in [0.5, 0.6) is 0 Å². The molecule has 0 spiro atoms. The number of carbonyl (C=O) groups excluding carboxylic acids is 2. The van der Waals surface area contributed by atoms with Crippen LogP contribution >= 0.6 is 11.8 Å². The van der Waals surface area contributed by atoms with Crippen molar-refractivity contribution >= 4 is 30.7 Å². The Morgan fingerprint density at radius 1 is 1.10 bits per heavy atom. The predicted octanol–water partition coefficient (Wildman–Crippen LogP) is 1.54. The molecule has 0 heterocycles. The van der Waals surface area contributed by atoms with Gasteiger partial charge in [-0.3, -0.25) is 9.59 Å². The Balaban J connectivity index is 2.01. The quantitative estimate of drug-likeness (QED) is 0.318. The molecule has 0 unspecified atom stereocenters. The van der Waals surface area contributed by atoms with E-state index < -0.39 is 19.0 Å². The molecule has 0 fully saturated rings. The monoisotopic (exact) mass is 429 g/mol. The summed E-state index contributed by atoms with van der Waals surface area (Å²) in [5.74, 6) is -1.54. The lowest BCUT2D eigenvalue weighted by atomic mass is 9.76. The number of nitrogens with zero attached hydrogens (tertiary/aromatic N) is 1. The van der Waals surface area contributed by atoms with Gasteiger partial charge in [0.05, 0.1) is 18.0 Å². The highest BCUT2D eigenvalue weighted by Gasteiger charge is 2.26. The van der Waals surface area contributed by atoms with Gasteiger partial charge in [0.1, 0.15) is 0 Å². The average Bonchev–Trinajstić information content (AvgIpc) is 2.73. The second-order valence-corrected chi connectivity index (χ2v) is 8.06. The summed E-state index contributed by atoms with van der Waals surface area (Å²) in [5, 5.41) is 21.6. The van der Waals surface area contributed by atoms with Crippen molar-refractivity contribution in [2.45, 2.75) is 35.0 Å². The Kier molecular flexibility index (Phi) is 9.89. The number of likely N-dealkylation sites (N-methyl/N-ethyl adjacent to an activating group) is 1. The van der Waals surface area contributed by atoms with E-state index in [1.807, 2.05) is 42.5 Å². The van der Waals surface area contributed by atoms with Crippen molar-refractivity contribution < 1.29 is 19.6 Å². The fourth-order valence-corrected chi connectivity index (χ4v) is 3.86. The minimum atomic E-state index is -1.67. The van der Waals surface area contributed by atoms with Crippen LogP contribution in [0.2, 0.25) is 0 Å². The summed E-state index contributed by atoms with van der Waals surface area (Å²) in [6.45, 7) is 0.309. The minimum Gasteiger partial charge on any atom is -0.426 e. The van der Waals surface area contributed by atoms with Gasteiger partial charge >= 0.3 is 7.12 Å². The molecule has 30 heavy (non-hydrogen) atoms. The van der Waals surface area contributed by atoms with E-state index in [1.165, 1.54) is 16.7 Å². The highest BCUT2D eigenvalue weighted by Crippen LogP contribution is 2.30. The van der Waals surface area contributed by atoms with Gasteiger partial charge in [0.2, 0.25) is 5.91 Å². The van der Waals surface area contributed by atoms with Crippen molar-refractivity contribution in [1.82, 2.24) is 10.2 Å². The first-order valence-electron chi connectivity index (χ1n) is 9.85. The van der Waals surface area contributed by atoms with Gasteiger partial charge in [-0.15, -0.1) is 0 Å². The Hall–Kier alpha value is -2.33. The topological polar surface area (TPSA) is 116 Å². The number of benzene rings is 2. The number of amides is 2. The van der Waals surface area contributed by atoms with Crippen molar-refractivity contribution in [1.29, 1.82) is 0 Å². The van der Waals surface area contributed by atoms with Crippen molar-refractivity contribution in [3.63, 3.8) is 0 Å². The van der Waals surface area contributed by atoms with E-state index in [9.17, 15) is 19.6 Å². The molecular formula is C21H28BN3O4S. The minimum absolute atomic E-state index is 0.191. The zero-order valence-electron chi connectivity index (χ0n) is 17.0. The molecule has 2 aromatic carbocycles. The second kappa shape index (κ2) is 12.4. The fraction of sp³-hybridized carbons (Fsp3) is 0.333. The van der Waals surface area contributed by atoms with Gasteiger partial charge in [-0.05, 0) is 43.7 Å². The predicted molar refractivity (Wildman–Crippen MR) is 119 cm³/mol. The van der Waals surface area contributed by atoms with Crippen LogP contribution in [0, 0.1) is 0 Å². The van der Waals surface area contributed by atoms with Gasteiger partial charge in [-0.1, -0.05) is 48.5 Å².